The summed E-state index contributed by atoms with van der Waals surface area (Å²) in [6.45, 7) is 5.07. The maximum Gasteiger partial charge on any atom is 0.325 e. The summed E-state index contributed by atoms with van der Waals surface area (Å²) in [5.74, 6) is -0.590. The summed E-state index contributed by atoms with van der Waals surface area (Å²) in [6.07, 6.45) is 0. The van der Waals surface area contributed by atoms with Gasteiger partial charge in [0.2, 0.25) is 5.75 Å². The molecule has 2 N–H and O–H groups in total. The standard InChI is InChI=1S/C24H30N2O7/c1-14(2)17-9-7-8-15(3)22(17)26-20(27)13-33-21(28)12-25-24(29)16-10-18(30-4)23(32-6)19(11-16)31-5/h7-11,14H,12-13H2,1-6H3,(H,25,29)(H,26,27). The van der Waals surface area contributed by atoms with E-state index in [4.69, 9.17) is 18.9 Å². The van der Waals surface area contributed by atoms with Crippen LogP contribution in [0.25, 0.3) is 0 Å². The average Bonchev–Trinajstić information content (AvgIpc) is 2.81. The van der Waals surface area contributed by atoms with Crippen molar-refractivity contribution in [3.63, 3.8) is 0 Å². The molecule has 0 aliphatic rings. The van der Waals surface area contributed by atoms with E-state index in [2.05, 4.69) is 10.6 Å². The Bertz CT molecular complexity index is 993. The first kappa shape index (κ1) is 25.5. The van der Waals surface area contributed by atoms with Gasteiger partial charge in [-0.3, -0.25) is 14.4 Å². The van der Waals surface area contributed by atoms with Crippen LogP contribution in [0.2, 0.25) is 0 Å². The molecular weight excluding hydrogens is 428 g/mol. The van der Waals surface area contributed by atoms with Crippen molar-refractivity contribution in [1.82, 2.24) is 5.32 Å². The number of amides is 2. The lowest BCUT2D eigenvalue weighted by Gasteiger charge is -2.16. The van der Waals surface area contributed by atoms with Crippen LogP contribution in [-0.4, -0.2) is 52.3 Å². The summed E-state index contributed by atoms with van der Waals surface area (Å²) in [5.41, 5.74) is 2.82. The van der Waals surface area contributed by atoms with Gasteiger partial charge in [-0.15, -0.1) is 0 Å². The van der Waals surface area contributed by atoms with Crippen LogP contribution in [0.5, 0.6) is 17.2 Å². The van der Waals surface area contributed by atoms with E-state index in [1.165, 1.54) is 33.5 Å². The summed E-state index contributed by atoms with van der Waals surface area (Å²) in [6, 6.07) is 8.69. The van der Waals surface area contributed by atoms with Crippen molar-refractivity contribution in [3.05, 3.63) is 47.0 Å². The minimum Gasteiger partial charge on any atom is -0.493 e. The van der Waals surface area contributed by atoms with Crippen molar-refractivity contribution in [2.24, 2.45) is 0 Å². The highest BCUT2D eigenvalue weighted by Crippen LogP contribution is 2.38. The third-order valence-corrected chi connectivity index (χ3v) is 4.88. The minimum atomic E-state index is -0.750. The van der Waals surface area contributed by atoms with Gasteiger partial charge in [0.05, 0.1) is 21.3 Å². The topological polar surface area (TPSA) is 112 Å². The SMILES string of the molecule is COc1cc(C(=O)NCC(=O)OCC(=O)Nc2c(C)cccc2C(C)C)cc(OC)c1OC. The molecule has 0 saturated heterocycles. The molecule has 33 heavy (non-hydrogen) atoms. The second kappa shape index (κ2) is 11.8. The molecule has 0 atom stereocenters. The molecule has 0 aromatic heterocycles. The highest BCUT2D eigenvalue weighted by Gasteiger charge is 2.18. The van der Waals surface area contributed by atoms with E-state index in [1.807, 2.05) is 39.0 Å². The minimum absolute atomic E-state index is 0.204. The van der Waals surface area contributed by atoms with Crippen LogP contribution in [0.1, 0.15) is 41.3 Å². The van der Waals surface area contributed by atoms with Crippen LogP contribution in [-0.2, 0) is 14.3 Å². The molecule has 2 rings (SSSR count). The molecule has 0 spiro atoms. The van der Waals surface area contributed by atoms with Crippen LogP contribution in [0, 0.1) is 6.92 Å². The number of benzene rings is 2. The molecule has 0 radical (unpaired) electrons. The van der Waals surface area contributed by atoms with E-state index in [1.54, 1.807) is 0 Å². The number of hydrogen-bond acceptors (Lipinski definition) is 7. The molecule has 9 nitrogen and oxygen atoms in total. The molecule has 178 valence electrons. The van der Waals surface area contributed by atoms with Gasteiger partial charge in [0.15, 0.2) is 18.1 Å². The fraction of sp³-hybridized carbons (Fsp3) is 0.375. The number of carbonyl (C=O) groups excluding carboxylic acids is 3. The van der Waals surface area contributed by atoms with Crippen LogP contribution in [0.3, 0.4) is 0 Å². The Morgan fingerprint density at radius 3 is 2.15 bits per heavy atom. The number of methoxy groups -OCH3 is 3. The molecule has 0 heterocycles. The molecule has 9 heteroatoms. The van der Waals surface area contributed by atoms with Gasteiger partial charge in [0, 0.05) is 11.3 Å². The third kappa shape index (κ3) is 6.61. The fourth-order valence-corrected chi connectivity index (χ4v) is 3.18. The lowest BCUT2D eigenvalue weighted by atomic mass is 9.98. The van der Waals surface area contributed by atoms with Gasteiger partial charge in [-0.1, -0.05) is 32.0 Å². The van der Waals surface area contributed by atoms with Gasteiger partial charge in [0.25, 0.3) is 11.8 Å². The zero-order chi connectivity index (χ0) is 24.5. The number of esters is 1. The molecular formula is C24H30N2O7. The predicted molar refractivity (Wildman–Crippen MR) is 123 cm³/mol. The summed E-state index contributed by atoms with van der Waals surface area (Å²) >= 11 is 0. The van der Waals surface area contributed by atoms with Gasteiger partial charge >= 0.3 is 5.97 Å². The van der Waals surface area contributed by atoms with Crippen molar-refractivity contribution >= 4 is 23.5 Å². The monoisotopic (exact) mass is 458 g/mol. The lowest BCUT2D eigenvalue weighted by molar-refractivity contribution is -0.146. The number of hydrogen-bond donors (Lipinski definition) is 2. The Kier molecular flexibility index (Phi) is 9.08. The Hall–Kier alpha value is -3.75. The Labute approximate surface area is 193 Å². The maximum absolute atomic E-state index is 12.5. The van der Waals surface area contributed by atoms with Gasteiger partial charge in [-0.25, -0.2) is 0 Å². The first-order chi connectivity index (χ1) is 15.7. The zero-order valence-corrected chi connectivity index (χ0v) is 19.7. The van der Waals surface area contributed by atoms with E-state index in [0.29, 0.717) is 22.9 Å². The average molecular weight is 459 g/mol. The van der Waals surface area contributed by atoms with Crippen LogP contribution in [0.15, 0.2) is 30.3 Å². The van der Waals surface area contributed by atoms with E-state index in [0.717, 1.165) is 11.1 Å². The highest BCUT2D eigenvalue weighted by molar-refractivity contribution is 5.98. The van der Waals surface area contributed by atoms with Crippen LogP contribution < -0.4 is 24.8 Å². The van der Waals surface area contributed by atoms with Gasteiger partial charge < -0.3 is 29.6 Å². The molecule has 0 fully saturated rings. The quantitative estimate of drug-likeness (QED) is 0.526. The first-order valence-electron chi connectivity index (χ1n) is 10.3. The van der Waals surface area contributed by atoms with E-state index in [9.17, 15) is 14.4 Å². The Morgan fingerprint density at radius 2 is 1.61 bits per heavy atom. The normalized spacial score (nSPS) is 10.4. The van der Waals surface area contributed by atoms with Gasteiger partial charge in [-0.2, -0.15) is 0 Å². The Balaban J connectivity index is 1.92. The van der Waals surface area contributed by atoms with Crippen molar-refractivity contribution in [1.29, 1.82) is 0 Å². The Morgan fingerprint density at radius 1 is 0.970 bits per heavy atom. The van der Waals surface area contributed by atoms with Crippen molar-refractivity contribution in [3.8, 4) is 17.2 Å². The molecule has 2 aromatic rings. The summed E-state index contributed by atoms with van der Waals surface area (Å²) in [5, 5.41) is 5.25. The van der Waals surface area contributed by atoms with E-state index < -0.39 is 30.9 Å². The zero-order valence-electron chi connectivity index (χ0n) is 19.7. The summed E-state index contributed by atoms with van der Waals surface area (Å²) < 4.78 is 20.7. The molecule has 2 aromatic carbocycles. The van der Waals surface area contributed by atoms with Crippen molar-refractivity contribution < 1.29 is 33.3 Å². The van der Waals surface area contributed by atoms with Gasteiger partial charge in [-0.05, 0) is 36.1 Å². The fourth-order valence-electron chi connectivity index (χ4n) is 3.18. The summed E-state index contributed by atoms with van der Waals surface area (Å²) in [4.78, 5) is 36.8. The molecule has 0 saturated carbocycles. The number of anilines is 1. The molecule has 0 aliphatic heterocycles. The lowest BCUT2D eigenvalue weighted by Crippen LogP contribution is -2.32. The molecule has 2 amide bonds. The number of ether oxygens (including phenoxy) is 4. The number of aryl methyl sites for hydroxylation is 1. The largest absolute Gasteiger partial charge is 0.493 e. The second-order valence-electron chi connectivity index (χ2n) is 7.50. The van der Waals surface area contributed by atoms with E-state index >= 15 is 0 Å². The van der Waals surface area contributed by atoms with Gasteiger partial charge in [0.1, 0.15) is 6.54 Å². The summed E-state index contributed by atoms with van der Waals surface area (Å²) in [7, 11) is 4.32. The molecule has 0 unspecified atom stereocenters. The van der Waals surface area contributed by atoms with Crippen LogP contribution in [0.4, 0.5) is 5.69 Å². The molecule has 0 bridgehead atoms. The molecule has 0 aliphatic carbocycles. The third-order valence-electron chi connectivity index (χ3n) is 4.88. The maximum atomic E-state index is 12.5. The first-order valence-corrected chi connectivity index (χ1v) is 10.3. The predicted octanol–water partition coefficient (Wildman–Crippen LogP) is 3.06. The highest BCUT2D eigenvalue weighted by atomic mass is 16.5. The number of rotatable bonds is 10. The van der Waals surface area contributed by atoms with Crippen molar-refractivity contribution in [2.45, 2.75) is 26.7 Å². The second-order valence-corrected chi connectivity index (χ2v) is 7.50. The van der Waals surface area contributed by atoms with Crippen LogP contribution >= 0.6 is 0 Å². The number of para-hydroxylation sites is 1. The number of carbonyl (C=O) groups is 3. The smallest absolute Gasteiger partial charge is 0.325 e. The number of nitrogens with one attached hydrogen (secondary N) is 2. The van der Waals surface area contributed by atoms with Crippen molar-refractivity contribution in [2.75, 3.05) is 39.8 Å². The van der Waals surface area contributed by atoms with E-state index in [-0.39, 0.29) is 11.5 Å².